The molecule has 0 bridgehead atoms. The molecule has 2 aromatic rings. The third kappa shape index (κ3) is 8.81. The maximum absolute atomic E-state index is 13.1. The van der Waals surface area contributed by atoms with Crippen LogP contribution < -0.4 is 16.0 Å². The number of unbranched alkanes of at least 4 members (excludes halogenated alkanes) is 5. The van der Waals surface area contributed by atoms with E-state index in [9.17, 15) is 14.1 Å². The number of hydrogen-bond acceptors (Lipinski definition) is 5. The Morgan fingerprint density at radius 3 is 2.40 bits per heavy atom. The largest absolute Gasteiger partial charge is 0.593 e. The molecule has 9 heteroatoms. The van der Waals surface area contributed by atoms with E-state index in [0.29, 0.717) is 25.9 Å². The van der Waals surface area contributed by atoms with Crippen LogP contribution in [0.2, 0.25) is 0 Å². The number of aliphatic imine (C=N–C) groups is 1. The Labute approximate surface area is 259 Å². The maximum Gasteiger partial charge on any atom is 0.318 e. The Morgan fingerprint density at radius 1 is 1.07 bits per heavy atom. The van der Waals surface area contributed by atoms with E-state index in [1.165, 1.54) is 29.7 Å². The van der Waals surface area contributed by atoms with E-state index in [0.717, 1.165) is 53.9 Å². The number of hydrogen-bond donors (Lipinski definition) is 2. The number of rotatable bonds is 13. The average molecular weight is 604 g/mol. The first-order valence-electron chi connectivity index (χ1n) is 15.3. The quantitative estimate of drug-likeness (QED) is 0.208. The summed E-state index contributed by atoms with van der Waals surface area (Å²) in [4.78, 5) is 30.7. The summed E-state index contributed by atoms with van der Waals surface area (Å²) in [5, 5.41) is 4.73. The van der Waals surface area contributed by atoms with Crippen molar-refractivity contribution in [1.29, 1.82) is 0 Å². The molecule has 2 aliphatic heterocycles. The summed E-state index contributed by atoms with van der Waals surface area (Å²) in [5.74, 6) is 0.794. The number of nitrogens with two attached hydrogens (primary N) is 1. The third-order valence-electron chi connectivity index (χ3n) is 8.38. The standard InChI is InChI=1S/C34H45N5O3S/c1-26-24-29(38(3)33(35)41)25-27(2)30(26)18-23-43(42)39-21-19-34(20-22-39)32(40)36-31(37-34)17-13-8-6-4-5-7-10-14-28-15-11-9-12-16-28/h9-12,14-16,18,23-25H,4-8,13,17,19-22H2,1-3H3,(H2,35,41)(H,36,37,40)/b14-10+,23-18+. The van der Waals surface area contributed by atoms with E-state index in [2.05, 4.69) is 41.7 Å². The number of piperidine rings is 1. The van der Waals surface area contributed by atoms with Crippen molar-refractivity contribution in [3.8, 4) is 0 Å². The normalized spacial score (nSPS) is 17.5. The van der Waals surface area contributed by atoms with Crippen LogP contribution in [0.3, 0.4) is 0 Å². The monoisotopic (exact) mass is 603 g/mol. The lowest BCUT2D eigenvalue weighted by Crippen LogP contribution is -2.50. The first kappa shape index (κ1) is 32.5. The summed E-state index contributed by atoms with van der Waals surface area (Å²) in [6, 6.07) is 13.7. The van der Waals surface area contributed by atoms with Crippen LogP contribution in [0.1, 0.15) is 80.0 Å². The second-order valence-corrected chi connectivity index (χ2v) is 12.9. The molecule has 0 aliphatic carbocycles. The predicted molar refractivity (Wildman–Crippen MR) is 178 cm³/mol. The van der Waals surface area contributed by atoms with Gasteiger partial charge in [-0.2, -0.15) is 0 Å². The molecule has 1 fully saturated rings. The van der Waals surface area contributed by atoms with Gasteiger partial charge in [-0.05, 0) is 86.4 Å². The van der Waals surface area contributed by atoms with Crippen LogP contribution in [-0.2, 0) is 16.2 Å². The molecule has 3 amide bonds. The van der Waals surface area contributed by atoms with Crippen molar-refractivity contribution >= 4 is 47.0 Å². The molecule has 2 aromatic carbocycles. The van der Waals surface area contributed by atoms with Crippen molar-refractivity contribution < 1.29 is 14.1 Å². The lowest BCUT2D eigenvalue weighted by Gasteiger charge is -2.34. The van der Waals surface area contributed by atoms with Gasteiger partial charge in [0.25, 0.3) is 5.91 Å². The highest BCUT2D eigenvalue weighted by molar-refractivity contribution is 7.92. The van der Waals surface area contributed by atoms with E-state index < -0.39 is 22.9 Å². The molecule has 230 valence electrons. The minimum Gasteiger partial charge on any atom is -0.593 e. The van der Waals surface area contributed by atoms with E-state index in [1.54, 1.807) is 12.5 Å². The van der Waals surface area contributed by atoms with E-state index in [1.807, 2.05) is 42.4 Å². The molecule has 1 atom stereocenters. The van der Waals surface area contributed by atoms with Crippen molar-refractivity contribution in [2.24, 2.45) is 10.7 Å². The molecule has 43 heavy (non-hydrogen) atoms. The summed E-state index contributed by atoms with van der Waals surface area (Å²) in [6.07, 6.45) is 15.1. The average Bonchev–Trinajstić information content (AvgIpc) is 3.29. The van der Waals surface area contributed by atoms with Gasteiger partial charge in [0.05, 0.1) is 11.4 Å². The summed E-state index contributed by atoms with van der Waals surface area (Å²) >= 11 is -1.32. The topological polar surface area (TPSA) is 114 Å². The fraction of sp³-hybridized carbons (Fsp3) is 0.441. The van der Waals surface area contributed by atoms with Crippen LogP contribution >= 0.6 is 0 Å². The van der Waals surface area contributed by atoms with Gasteiger partial charge < -0.3 is 15.6 Å². The molecule has 3 N–H and O–H groups in total. The molecule has 1 unspecified atom stereocenters. The van der Waals surface area contributed by atoms with Crippen LogP contribution in [0.5, 0.6) is 0 Å². The smallest absolute Gasteiger partial charge is 0.318 e. The highest BCUT2D eigenvalue weighted by atomic mass is 32.2. The fourth-order valence-electron chi connectivity index (χ4n) is 5.69. The zero-order valence-electron chi connectivity index (χ0n) is 25.7. The van der Waals surface area contributed by atoms with Gasteiger partial charge in [-0.25, -0.2) is 4.79 Å². The van der Waals surface area contributed by atoms with Crippen molar-refractivity contribution in [3.63, 3.8) is 0 Å². The number of carbonyl (C=O) groups is 2. The number of aryl methyl sites for hydroxylation is 2. The lowest BCUT2D eigenvalue weighted by molar-refractivity contribution is -0.124. The third-order valence-corrected chi connectivity index (χ3v) is 9.62. The number of amides is 3. The first-order chi connectivity index (χ1) is 20.7. The minimum absolute atomic E-state index is 0.0130. The molecule has 1 saturated heterocycles. The van der Waals surface area contributed by atoms with E-state index in [-0.39, 0.29) is 5.91 Å². The second-order valence-electron chi connectivity index (χ2n) is 11.6. The Kier molecular flexibility index (Phi) is 11.6. The summed E-state index contributed by atoms with van der Waals surface area (Å²) in [7, 11) is 1.64. The van der Waals surface area contributed by atoms with Gasteiger partial charge >= 0.3 is 6.03 Å². The molecule has 2 aliphatic rings. The summed E-state index contributed by atoms with van der Waals surface area (Å²) in [5.41, 5.74) is 9.55. The number of urea groups is 1. The number of nitrogens with zero attached hydrogens (tertiary/aromatic N) is 3. The Morgan fingerprint density at radius 2 is 1.72 bits per heavy atom. The molecule has 1 spiro atoms. The molecule has 8 nitrogen and oxygen atoms in total. The lowest BCUT2D eigenvalue weighted by atomic mass is 9.89. The van der Waals surface area contributed by atoms with Gasteiger partial charge in [0.2, 0.25) is 0 Å². The number of carbonyl (C=O) groups excluding carboxylic acids is 2. The Balaban J connectivity index is 1.18. The predicted octanol–water partition coefficient (Wildman–Crippen LogP) is 6.26. The molecule has 0 aromatic heterocycles. The maximum atomic E-state index is 13.1. The van der Waals surface area contributed by atoms with Crippen LogP contribution in [0.15, 0.2) is 58.9 Å². The van der Waals surface area contributed by atoms with Gasteiger partial charge in [0, 0.05) is 32.2 Å². The van der Waals surface area contributed by atoms with Crippen LogP contribution in [0.25, 0.3) is 12.2 Å². The van der Waals surface area contributed by atoms with Crippen LogP contribution in [-0.4, -0.2) is 52.3 Å². The van der Waals surface area contributed by atoms with Gasteiger partial charge in [-0.1, -0.05) is 61.7 Å². The Bertz CT molecular complexity index is 1330. The second kappa shape index (κ2) is 15.4. The van der Waals surface area contributed by atoms with Crippen LogP contribution in [0.4, 0.5) is 10.5 Å². The fourth-order valence-corrected chi connectivity index (χ4v) is 6.66. The number of anilines is 1. The highest BCUT2D eigenvalue weighted by Crippen LogP contribution is 2.32. The molecule has 2 heterocycles. The molecular weight excluding hydrogens is 558 g/mol. The zero-order valence-corrected chi connectivity index (χ0v) is 26.5. The van der Waals surface area contributed by atoms with Gasteiger partial charge in [0.15, 0.2) is 0 Å². The number of nitrogens with one attached hydrogen (secondary N) is 1. The number of benzene rings is 2. The highest BCUT2D eigenvalue weighted by Gasteiger charge is 2.47. The first-order valence-corrected chi connectivity index (χ1v) is 16.5. The SMILES string of the molecule is Cc1cc(N(C)C(N)=O)cc(C)c1/C=C/[S+]([O-])N1CCC2(CC1)N=C(CCCCCCC/C=C/c1ccccc1)NC2=O. The van der Waals surface area contributed by atoms with Gasteiger partial charge in [0.1, 0.15) is 16.8 Å². The summed E-state index contributed by atoms with van der Waals surface area (Å²) < 4.78 is 15.0. The molecular formula is C34H45N5O3S. The van der Waals surface area contributed by atoms with Crippen molar-refractivity contribution in [3.05, 3.63) is 76.2 Å². The van der Waals surface area contributed by atoms with Gasteiger partial charge in [-0.15, -0.1) is 4.31 Å². The van der Waals surface area contributed by atoms with Crippen molar-refractivity contribution in [2.45, 2.75) is 77.2 Å². The van der Waals surface area contributed by atoms with Crippen molar-refractivity contribution in [1.82, 2.24) is 9.62 Å². The zero-order chi connectivity index (χ0) is 30.8. The van der Waals surface area contributed by atoms with Crippen molar-refractivity contribution in [2.75, 3.05) is 25.0 Å². The minimum atomic E-state index is -1.32. The van der Waals surface area contributed by atoms with E-state index in [4.69, 9.17) is 10.7 Å². The molecule has 4 rings (SSSR count). The Hall–Kier alpha value is -3.40. The summed E-state index contributed by atoms with van der Waals surface area (Å²) in [6.45, 7) is 5.00. The van der Waals surface area contributed by atoms with E-state index >= 15 is 0 Å². The number of allylic oxidation sites excluding steroid dienone is 1. The van der Waals surface area contributed by atoms with Crippen LogP contribution in [0, 0.1) is 13.8 Å². The molecule has 0 radical (unpaired) electrons. The molecule has 0 saturated carbocycles. The number of amidine groups is 1. The van der Waals surface area contributed by atoms with Gasteiger partial charge in [-0.3, -0.25) is 14.7 Å². The number of primary amides is 1.